The fourth-order valence-corrected chi connectivity index (χ4v) is 5.90. The Morgan fingerprint density at radius 1 is 1.26 bits per heavy atom. The van der Waals surface area contributed by atoms with Gasteiger partial charge < -0.3 is 9.64 Å². The molecule has 1 N–H and O–H groups in total. The Kier molecular flexibility index (Phi) is 7.25. The maximum atomic E-state index is 15.3. The van der Waals surface area contributed by atoms with Crippen molar-refractivity contribution in [2.45, 2.75) is 39.4 Å². The smallest absolute Gasteiger partial charge is 0.261 e. The fourth-order valence-electron chi connectivity index (χ4n) is 4.64. The lowest BCUT2D eigenvalue weighted by Crippen LogP contribution is -2.43. The molecule has 1 atom stereocenters. The molecule has 0 aliphatic carbocycles. The van der Waals surface area contributed by atoms with Crippen molar-refractivity contribution in [3.8, 4) is 5.75 Å². The molecule has 5 rings (SSSR count). The lowest BCUT2D eigenvalue weighted by Gasteiger charge is -2.35. The second-order valence-corrected chi connectivity index (χ2v) is 12.0. The van der Waals surface area contributed by atoms with Crippen LogP contribution in [-0.2, 0) is 34.3 Å². The van der Waals surface area contributed by atoms with Gasteiger partial charge in [0.1, 0.15) is 35.1 Å². The molecule has 3 aromatic heterocycles. The van der Waals surface area contributed by atoms with Crippen LogP contribution in [0.15, 0.2) is 30.3 Å². The molecule has 4 aromatic rings. The number of amides is 1. The van der Waals surface area contributed by atoms with E-state index in [-0.39, 0.29) is 29.5 Å². The molecular formula is C25H26F2N6O4S2. The van der Waals surface area contributed by atoms with Crippen LogP contribution in [-0.4, -0.2) is 58.2 Å². The summed E-state index contributed by atoms with van der Waals surface area (Å²) in [5, 5.41) is 4.56. The summed E-state index contributed by atoms with van der Waals surface area (Å²) < 4.78 is 61.4. The Hall–Kier alpha value is -3.65. The van der Waals surface area contributed by atoms with E-state index in [1.165, 1.54) is 21.5 Å². The minimum absolute atomic E-state index is 0.146. The Morgan fingerprint density at radius 3 is 2.74 bits per heavy atom. The van der Waals surface area contributed by atoms with Crippen LogP contribution in [0.3, 0.4) is 0 Å². The second kappa shape index (κ2) is 10.5. The van der Waals surface area contributed by atoms with Crippen molar-refractivity contribution in [1.29, 1.82) is 0 Å². The van der Waals surface area contributed by atoms with E-state index >= 15 is 4.39 Å². The average Bonchev–Trinajstić information content (AvgIpc) is 3.44. The minimum atomic E-state index is -3.51. The van der Waals surface area contributed by atoms with Gasteiger partial charge in [-0.2, -0.15) is 5.10 Å². The normalized spacial score (nSPS) is 15.4. The SMILES string of the molecule is CCc1nc(NS(C)(=O)=O)ccc1OCC(=O)N1CCc2nc3sc(CF)nn3c2C1c1ccc(C)cc1F. The Bertz CT molecular complexity index is 1670. The number of hydrogen-bond acceptors (Lipinski definition) is 8. The van der Waals surface area contributed by atoms with Crippen molar-refractivity contribution >= 4 is 38.0 Å². The largest absolute Gasteiger partial charge is 0.482 e. The van der Waals surface area contributed by atoms with Crippen molar-refractivity contribution < 1.29 is 26.7 Å². The maximum Gasteiger partial charge on any atom is 0.261 e. The molecule has 10 nitrogen and oxygen atoms in total. The molecule has 0 radical (unpaired) electrons. The van der Waals surface area contributed by atoms with Crippen LogP contribution in [0.25, 0.3) is 4.96 Å². The van der Waals surface area contributed by atoms with Crippen molar-refractivity contribution in [2.75, 3.05) is 24.1 Å². The van der Waals surface area contributed by atoms with E-state index < -0.39 is 34.5 Å². The molecule has 0 bridgehead atoms. The lowest BCUT2D eigenvalue weighted by atomic mass is 9.94. The summed E-state index contributed by atoms with van der Waals surface area (Å²) in [6.45, 7) is 2.76. The number of aryl methyl sites for hydroxylation is 2. The number of ether oxygens (including phenoxy) is 1. The van der Waals surface area contributed by atoms with Gasteiger partial charge >= 0.3 is 0 Å². The number of nitrogens with zero attached hydrogens (tertiary/aromatic N) is 5. The second-order valence-electron chi connectivity index (χ2n) is 9.19. The summed E-state index contributed by atoms with van der Waals surface area (Å²) in [7, 11) is -3.51. The molecule has 1 amide bonds. The van der Waals surface area contributed by atoms with E-state index in [1.807, 2.05) is 6.92 Å². The molecule has 206 valence electrons. The fraction of sp³-hybridized carbons (Fsp3) is 0.360. The molecule has 14 heteroatoms. The third-order valence-corrected chi connectivity index (χ3v) is 7.76. The van der Waals surface area contributed by atoms with Gasteiger partial charge in [0.05, 0.1) is 23.3 Å². The molecule has 0 saturated carbocycles. The molecule has 4 heterocycles. The monoisotopic (exact) mass is 576 g/mol. The third kappa shape index (κ3) is 5.43. The van der Waals surface area contributed by atoms with Crippen LogP contribution in [0.5, 0.6) is 5.75 Å². The van der Waals surface area contributed by atoms with Gasteiger partial charge in [-0.15, -0.1) is 0 Å². The maximum absolute atomic E-state index is 15.3. The quantitative estimate of drug-likeness (QED) is 0.341. The highest BCUT2D eigenvalue weighted by Crippen LogP contribution is 2.38. The van der Waals surface area contributed by atoms with E-state index in [9.17, 15) is 17.6 Å². The van der Waals surface area contributed by atoms with Gasteiger partial charge in [0.25, 0.3) is 5.91 Å². The first kappa shape index (κ1) is 26.9. The Labute approximate surface area is 227 Å². The molecule has 0 spiro atoms. The van der Waals surface area contributed by atoms with Crippen molar-refractivity contribution in [3.63, 3.8) is 0 Å². The molecule has 0 saturated heterocycles. The highest BCUT2D eigenvalue weighted by Gasteiger charge is 2.38. The first-order valence-corrected chi connectivity index (χ1v) is 14.9. The number of nitrogens with one attached hydrogen (secondary N) is 1. The van der Waals surface area contributed by atoms with Crippen LogP contribution in [0.2, 0.25) is 0 Å². The van der Waals surface area contributed by atoms with Crippen LogP contribution >= 0.6 is 11.3 Å². The predicted molar refractivity (Wildman–Crippen MR) is 142 cm³/mol. The standard InChI is InChI=1S/C25H26F2N6O4S2/c1-4-17-19(7-8-20(28-17)31-39(3,35)36)37-13-22(34)32-10-9-18-24(33-25(29-18)38-21(12-26)30-33)23(32)15-6-5-14(2)11-16(15)27/h5-8,11,23H,4,9-10,12-13H2,1-3H3,(H,28,31). The molecule has 0 fully saturated rings. The third-order valence-electron chi connectivity index (χ3n) is 6.31. The number of rotatable bonds is 8. The number of aromatic nitrogens is 4. The van der Waals surface area contributed by atoms with Crippen LogP contribution in [0.1, 0.15) is 46.2 Å². The summed E-state index contributed by atoms with van der Waals surface area (Å²) >= 11 is 1.11. The Morgan fingerprint density at radius 2 is 2.05 bits per heavy atom. The lowest BCUT2D eigenvalue weighted by molar-refractivity contribution is -0.135. The molecule has 1 aliphatic rings. The predicted octanol–water partition coefficient (Wildman–Crippen LogP) is 3.59. The van der Waals surface area contributed by atoms with Gasteiger partial charge in [0.15, 0.2) is 6.61 Å². The molecule has 1 unspecified atom stereocenters. The average molecular weight is 577 g/mol. The number of carbonyl (C=O) groups is 1. The van der Waals surface area contributed by atoms with Crippen LogP contribution in [0, 0.1) is 12.7 Å². The molecular weight excluding hydrogens is 550 g/mol. The van der Waals surface area contributed by atoms with Gasteiger partial charge in [-0.05, 0) is 37.1 Å². The molecule has 39 heavy (non-hydrogen) atoms. The first-order chi connectivity index (χ1) is 18.6. The highest BCUT2D eigenvalue weighted by atomic mass is 32.2. The number of hydrogen-bond donors (Lipinski definition) is 1. The number of pyridine rings is 1. The van der Waals surface area contributed by atoms with Crippen molar-refractivity contribution in [2.24, 2.45) is 0 Å². The number of imidazole rings is 1. The topological polar surface area (TPSA) is 119 Å². The minimum Gasteiger partial charge on any atom is -0.482 e. The number of halogens is 2. The number of carbonyl (C=O) groups excluding carboxylic acids is 1. The highest BCUT2D eigenvalue weighted by molar-refractivity contribution is 7.92. The van der Waals surface area contributed by atoms with Crippen molar-refractivity contribution in [1.82, 2.24) is 24.5 Å². The number of benzene rings is 1. The zero-order chi connectivity index (χ0) is 27.9. The van der Waals surface area contributed by atoms with E-state index in [0.29, 0.717) is 40.6 Å². The van der Waals surface area contributed by atoms with Crippen LogP contribution < -0.4 is 9.46 Å². The van der Waals surface area contributed by atoms with Gasteiger partial charge in [-0.1, -0.05) is 30.4 Å². The number of fused-ring (bicyclic) bond motifs is 3. The van der Waals surface area contributed by atoms with E-state index in [2.05, 4.69) is 19.8 Å². The number of alkyl halides is 1. The summed E-state index contributed by atoms with van der Waals surface area (Å²) in [4.78, 5) is 24.5. The Balaban J connectivity index is 1.47. The summed E-state index contributed by atoms with van der Waals surface area (Å²) in [6.07, 6.45) is 1.88. The van der Waals surface area contributed by atoms with Crippen molar-refractivity contribution in [3.05, 3.63) is 69.4 Å². The van der Waals surface area contributed by atoms with Crippen LogP contribution in [0.4, 0.5) is 14.6 Å². The van der Waals surface area contributed by atoms with E-state index in [1.54, 1.807) is 25.1 Å². The van der Waals surface area contributed by atoms with Gasteiger partial charge in [-0.25, -0.2) is 31.7 Å². The van der Waals surface area contributed by atoms with E-state index in [0.717, 1.165) is 23.2 Å². The number of anilines is 1. The van der Waals surface area contributed by atoms with E-state index in [4.69, 9.17) is 4.74 Å². The molecule has 1 aliphatic heterocycles. The zero-order valence-corrected chi connectivity index (χ0v) is 23.1. The first-order valence-electron chi connectivity index (χ1n) is 12.2. The summed E-state index contributed by atoms with van der Waals surface area (Å²) in [5.41, 5.74) is 2.68. The zero-order valence-electron chi connectivity index (χ0n) is 21.4. The summed E-state index contributed by atoms with van der Waals surface area (Å²) in [6, 6.07) is 6.96. The van der Waals surface area contributed by atoms with Gasteiger partial charge in [-0.3, -0.25) is 9.52 Å². The van der Waals surface area contributed by atoms with Gasteiger partial charge in [0, 0.05) is 18.5 Å². The number of sulfonamides is 1. The van der Waals surface area contributed by atoms with Gasteiger partial charge in [0.2, 0.25) is 15.0 Å². The summed E-state index contributed by atoms with van der Waals surface area (Å²) in [5.74, 6) is -0.400. The molecule has 1 aromatic carbocycles.